The summed E-state index contributed by atoms with van der Waals surface area (Å²) < 4.78 is 25.2. The van der Waals surface area contributed by atoms with Crippen LogP contribution in [0.3, 0.4) is 0 Å². The Morgan fingerprint density at radius 3 is 1.94 bits per heavy atom. The Labute approximate surface area is 101 Å². The first kappa shape index (κ1) is 16.3. The maximum absolute atomic E-state index is 10.7. The van der Waals surface area contributed by atoms with E-state index in [1.54, 1.807) is 0 Å². The lowest BCUT2D eigenvalue weighted by Crippen LogP contribution is -2.64. The SMILES string of the molecule is CS(=O)(=O)OC(C(=O)[O-])C(O)(CC(=O)[O-])C(=O)[O-]. The van der Waals surface area contributed by atoms with E-state index < -0.39 is 46.2 Å². The Balaban J connectivity index is 5.58. The fourth-order valence-corrected chi connectivity index (χ4v) is 1.57. The summed E-state index contributed by atoms with van der Waals surface area (Å²) in [6.07, 6.45) is -4.39. The number of hydrogen-bond donors (Lipinski definition) is 1. The standard InChI is InChI=1S/C7H10O10S/c1-18(15,16)17-4(5(10)11)7(14,6(12)13)2-3(8)9/h4,14H,2H2,1H3,(H,8,9)(H,10,11)(H,12,13)/p-3. The van der Waals surface area contributed by atoms with Gasteiger partial charge in [-0.05, 0) is 0 Å². The van der Waals surface area contributed by atoms with Crippen LogP contribution in [-0.4, -0.2) is 49.4 Å². The minimum Gasteiger partial charge on any atom is -0.550 e. The highest BCUT2D eigenvalue weighted by atomic mass is 32.2. The van der Waals surface area contributed by atoms with E-state index in [4.69, 9.17) is 0 Å². The average molecular weight is 283 g/mol. The second-order valence-electron chi connectivity index (χ2n) is 3.26. The number of carboxylic acids is 3. The highest BCUT2D eigenvalue weighted by Crippen LogP contribution is 2.19. The predicted molar refractivity (Wildman–Crippen MR) is 44.3 cm³/mol. The molecule has 0 spiro atoms. The summed E-state index contributed by atoms with van der Waals surface area (Å²) in [5, 5.41) is 40.7. The molecule has 0 aliphatic carbocycles. The number of rotatable bonds is 7. The summed E-state index contributed by atoms with van der Waals surface area (Å²) in [6, 6.07) is 0. The molecule has 11 heteroatoms. The molecule has 0 aromatic carbocycles. The molecule has 2 unspecified atom stereocenters. The molecule has 0 saturated heterocycles. The van der Waals surface area contributed by atoms with Crippen molar-refractivity contribution in [2.24, 2.45) is 0 Å². The van der Waals surface area contributed by atoms with Gasteiger partial charge in [0.25, 0.3) is 10.1 Å². The van der Waals surface area contributed by atoms with Crippen LogP contribution in [0.4, 0.5) is 0 Å². The maximum Gasteiger partial charge on any atom is 0.265 e. The Hall–Kier alpha value is -1.72. The van der Waals surface area contributed by atoms with Gasteiger partial charge in [0.05, 0.1) is 18.2 Å². The van der Waals surface area contributed by atoms with Crippen LogP contribution in [0.2, 0.25) is 0 Å². The largest absolute Gasteiger partial charge is 0.550 e. The van der Waals surface area contributed by atoms with Gasteiger partial charge in [-0.2, -0.15) is 8.42 Å². The van der Waals surface area contributed by atoms with Crippen LogP contribution < -0.4 is 15.3 Å². The highest BCUT2D eigenvalue weighted by molar-refractivity contribution is 7.86. The summed E-state index contributed by atoms with van der Waals surface area (Å²) in [4.78, 5) is 31.3. The summed E-state index contributed by atoms with van der Waals surface area (Å²) in [5.41, 5.74) is -3.65. The van der Waals surface area contributed by atoms with Crippen LogP contribution in [0.25, 0.3) is 0 Å². The van der Waals surface area contributed by atoms with Crippen molar-refractivity contribution in [3.05, 3.63) is 0 Å². The second-order valence-corrected chi connectivity index (χ2v) is 4.86. The molecular formula is C7H7O10S-3. The molecule has 0 aromatic rings. The van der Waals surface area contributed by atoms with Gasteiger partial charge >= 0.3 is 0 Å². The number of carboxylic acid groups (broad SMARTS) is 3. The fraction of sp³-hybridized carbons (Fsp3) is 0.571. The summed E-state index contributed by atoms with van der Waals surface area (Å²) >= 11 is 0. The molecule has 0 fully saturated rings. The minimum absolute atomic E-state index is 0.359. The van der Waals surface area contributed by atoms with Gasteiger partial charge in [0.2, 0.25) is 0 Å². The van der Waals surface area contributed by atoms with E-state index in [-0.39, 0.29) is 0 Å². The first-order valence-corrected chi connectivity index (χ1v) is 5.94. The molecule has 0 radical (unpaired) electrons. The molecule has 0 aliphatic heterocycles. The zero-order chi connectivity index (χ0) is 14.7. The number of aliphatic carboxylic acids is 3. The fourth-order valence-electron chi connectivity index (χ4n) is 0.981. The third-order valence-corrected chi connectivity index (χ3v) is 2.23. The van der Waals surface area contributed by atoms with E-state index in [1.165, 1.54) is 0 Å². The van der Waals surface area contributed by atoms with E-state index in [9.17, 15) is 43.2 Å². The van der Waals surface area contributed by atoms with Crippen LogP contribution in [0.15, 0.2) is 0 Å². The molecule has 0 aliphatic rings. The Morgan fingerprint density at radius 2 is 1.72 bits per heavy atom. The van der Waals surface area contributed by atoms with Crippen LogP contribution in [0.1, 0.15) is 6.42 Å². The normalized spacial score (nSPS) is 16.6. The van der Waals surface area contributed by atoms with Gasteiger partial charge in [0, 0.05) is 12.4 Å². The molecule has 0 heterocycles. The van der Waals surface area contributed by atoms with Gasteiger partial charge in [0.15, 0.2) is 6.10 Å². The third-order valence-electron chi connectivity index (χ3n) is 1.69. The first-order valence-electron chi connectivity index (χ1n) is 4.13. The van der Waals surface area contributed by atoms with E-state index in [2.05, 4.69) is 4.18 Å². The number of carbonyl (C=O) groups is 3. The van der Waals surface area contributed by atoms with E-state index in [0.717, 1.165) is 0 Å². The van der Waals surface area contributed by atoms with E-state index in [1.807, 2.05) is 0 Å². The number of aliphatic hydroxyl groups is 1. The minimum atomic E-state index is -4.51. The van der Waals surface area contributed by atoms with E-state index in [0.29, 0.717) is 6.26 Å². The van der Waals surface area contributed by atoms with Crippen molar-refractivity contribution in [1.29, 1.82) is 0 Å². The van der Waals surface area contributed by atoms with Gasteiger partial charge in [-0.1, -0.05) is 0 Å². The van der Waals surface area contributed by atoms with Crippen molar-refractivity contribution in [3.8, 4) is 0 Å². The third kappa shape index (κ3) is 4.27. The van der Waals surface area contributed by atoms with Gasteiger partial charge < -0.3 is 34.8 Å². The number of hydrogen-bond acceptors (Lipinski definition) is 10. The zero-order valence-corrected chi connectivity index (χ0v) is 9.63. The van der Waals surface area contributed by atoms with Crippen LogP contribution in [0.5, 0.6) is 0 Å². The van der Waals surface area contributed by atoms with Crippen molar-refractivity contribution in [2.75, 3.05) is 6.26 Å². The molecule has 2 atom stereocenters. The topological polar surface area (TPSA) is 184 Å². The molecular weight excluding hydrogens is 276 g/mol. The summed E-state index contributed by atoms with van der Waals surface area (Å²) in [5.74, 6) is -7.18. The molecule has 18 heavy (non-hydrogen) atoms. The Bertz CT molecular complexity index is 465. The molecule has 10 nitrogen and oxygen atoms in total. The monoisotopic (exact) mass is 283 g/mol. The maximum atomic E-state index is 10.7. The quantitative estimate of drug-likeness (QED) is 0.440. The highest BCUT2D eigenvalue weighted by Gasteiger charge is 2.42. The molecule has 104 valence electrons. The molecule has 0 amide bonds. The van der Waals surface area contributed by atoms with Crippen molar-refractivity contribution < 1.29 is 47.4 Å². The Morgan fingerprint density at radius 1 is 1.28 bits per heavy atom. The summed E-state index contributed by atoms with van der Waals surface area (Å²) in [7, 11) is -4.51. The average Bonchev–Trinajstić information content (AvgIpc) is 2.10. The molecule has 0 bridgehead atoms. The van der Waals surface area contributed by atoms with Crippen molar-refractivity contribution in [2.45, 2.75) is 18.1 Å². The van der Waals surface area contributed by atoms with Gasteiger partial charge in [-0.15, -0.1) is 0 Å². The van der Waals surface area contributed by atoms with Crippen LogP contribution in [-0.2, 0) is 28.7 Å². The van der Waals surface area contributed by atoms with Crippen LogP contribution >= 0.6 is 0 Å². The summed E-state index contributed by atoms with van der Waals surface area (Å²) in [6.45, 7) is 0. The second kappa shape index (κ2) is 5.29. The lowest BCUT2D eigenvalue weighted by molar-refractivity contribution is -0.348. The van der Waals surface area contributed by atoms with Crippen LogP contribution in [0, 0.1) is 0 Å². The molecule has 0 aromatic heterocycles. The lowest BCUT2D eigenvalue weighted by Gasteiger charge is -2.36. The van der Waals surface area contributed by atoms with Gasteiger partial charge in [-0.3, -0.25) is 4.18 Å². The molecule has 0 saturated carbocycles. The van der Waals surface area contributed by atoms with Crippen molar-refractivity contribution in [3.63, 3.8) is 0 Å². The lowest BCUT2D eigenvalue weighted by atomic mass is 9.93. The zero-order valence-electron chi connectivity index (χ0n) is 8.81. The molecule has 1 N–H and O–H groups in total. The van der Waals surface area contributed by atoms with Gasteiger partial charge in [-0.25, -0.2) is 0 Å². The molecule has 0 rings (SSSR count). The number of carbonyl (C=O) groups excluding carboxylic acids is 3. The first-order chi connectivity index (χ1) is 7.90. The van der Waals surface area contributed by atoms with Crippen molar-refractivity contribution >= 4 is 28.0 Å². The van der Waals surface area contributed by atoms with Gasteiger partial charge in [0.1, 0.15) is 5.60 Å². The van der Waals surface area contributed by atoms with E-state index >= 15 is 0 Å². The van der Waals surface area contributed by atoms with Crippen molar-refractivity contribution in [1.82, 2.24) is 0 Å². The predicted octanol–water partition coefficient (Wildman–Crippen LogP) is -6.30. The Kier molecular flexibility index (Phi) is 4.78. The smallest absolute Gasteiger partial charge is 0.265 e.